The van der Waals surface area contributed by atoms with Gasteiger partial charge in [-0.25, -0.2) is 0 Å². The third-order valence-electron chi connectivity index (χ3n) is 3.69. The van der Waals surface area contributed by atoms with E-state index in [1.54, 1.807) is 0 Å². The normalized spacial score (nSPS) is 17.4. The summed E-state index contributed by atoms with van der Waals surface area (Å²) in [6.07, 6.45) is 3.22. The number of aryl methyl sites for hydroxylation is 1. The van der Waals surface area contributed by atoms with Crippen LogP contribution in [0.25, 0.3) is 0 Å². The summed E-state index contributed by atoms with van der Waals surface area (Å²) in [5.41, 5.74) is 2.06. The average Bonchev–Trinajstić information content (AvgIpc) is 2.91. The van der Waals surface area contributed by atoms with Gasteiger partial charge in [-0.05, 0) is 51.9 Å². The number of carbonyl (C=O) groups excluding carboxylic acids is 1. The molecule has 0 aliphatic carbocycles. The maximum Gasteiger partial charge on any atom is 0.237 e. The molecule has 1 aromatic heterocycles. The first-order chi connectivity index (χ1) is 9.16. The molecule has 4 heteroatoms. The minimum atomic E-state index is -0.00651. The Labute approximate surface area is 115 Å². The van der Waals surface area contributed by atoms with Crippen molar-refractivity contribution in [3.63, 3.8) is 0 Å². The van der Waals surface area contributed by atoms with Gasteiger partial charge in [-0.1, -0.05) is 6.07 Å². The molecular weight excluding hydrogens is 238 g/mol. The number of aromatic nitrogens is 1. The van der Waals surface area contributed by atoms with Crippen LogP contribution in [0.3, 0.4) is 0 Å². The molecule has 0 aromatic carbocycles. The maximum atomic E-state index is 12.0. The van der Waals surface area contributed by atoms with Gasteiger partial charge in [-0.2, -0.15) is 0 Å². The van der Waals surface area contributed by atoms with Gasteiger partial charge in [0.2, 0.25) is 5.91 Å². The van der Waals surface area contributed by atoms with Crippen LogP contribution >= 0.6 is 0 Å². The Morgan fingerprint density at radius 3 is 2.84 bits per heavy atom. The fraction of sp³-hybridized carbons (Fsp3) is 0.600. The quantitative estimate of drug-likeness (QED) is 0.874. The number of nitrogens with zero attached hydrogens (tertiary/aromatic N) is 2. The molecule has 104 valence electrons. The van der Waals surface area contributed by atoms with E-state index in [1.807, 2.05) is 32.0 Å². The molecule has 19 heavy (non-hydrogen) atoms. The molecule has 0 unspecified atom stereocenters. The second kappa shape index (κ2) is 6.66. The van der Waals surface area contributed by atoms with Crippen LogP contribution < -0.4 is 5.32 Å². The highest BCUT2D eigenvalue weighted by Crippen LogP contribution is 2.11. The number of amides is 1. The summed E-state index contributed by atoms with van der Waals surface area (Å²) in [4.78, 5) is 18.7. The van der Waals surface area contributed by atoms with Gasteiger partial charge >= 0.3 is 0 Å². The van der Waals surface area contributed by atoms with Gasteiger partial charge in [0.25, 0.3) is 0 Å². The molecule has 1 amide bonds. The lowest BCUT2D eigenvalue weighted by atomic mass is 10.2. The standard InChI is InChI=1S/C15H23N3O/c1-12-6-5-7-14(17-12)8-9-16-15(19)13(2)18-10-3-4-11-18/h5-7,13H,3-4,8-11H2,1-2H3,(H,16,19)/t13-/m0/s1. The fourth-order valence-electron chi connectivity index (χ4n) is 2.49. The van der Waals surface area contributed by atoms with Crippen LogP contribution in [0.4, 0.5) is 0 Å². The Hall–Kier alpha value is -1.42. The van der Waals surface area contributed by atoms with Crippen molar-refractivity contribution in [1.82, 2.24) is 15.2 Å². The second-order valence-electron chi connectivity index (χ2n) is 5.23. The topological polar surface area (TPSA) is 45.2 Å². The summed E-state index contributed by atoms with van der Waals surface area (Å²) in [5.74, 6) is 0.134. The third kappa shape index (κ3) is 4.03. The zero-order valence-corrected chi connectivity index (χ0v) is 11.9. The van der Waals surface area contributed by atoms with Gasteiger partial charge < -0.3 is 5.32 Å². The van der Waals surface area contributed by atoms with E-state index in [1.165, 1.54) is 12.8 Å². The summed E-state index contributed by atoms with van der Waals surface area (Å²) < 4.78 is 0. The molecule has 1 N–H and O–H groups in total. The number of nitrogens with one attached hydrogen (secondary N) is 1. The summed E-state index contributed by atoms with van der Waals surface area (Å²) in [6, 6.07) is 5.99. The average molecular weight is 261 g/mol. The SMILES string of the molecule is Cc1cccc(CCNC(=O)[C@H](C)N2CCCC2)n1. The Kier molecular flexibility index (Phi) is 4.91. The predicted molar refractivity (Wildman–Crippen MR) is 76.0 cm³/mol. The molecule has 0 radical (unpaired) electrons. The summed E-state index contributed by atoms with van der Waals surface area (Å²) in [7, 11) is 0. The molecule has 0 spiro atoms. The van der Waals surface area contributed by atoms with E-state index in [9.17, 15) is 4.79 Å². The number of likely N-dealkylation sites (tertiary alicyclic amines) is 1. The molecule has 1 aromatic rings. The number of carbonyl (C=O) groups is 1. The number of hydrogen-bond donors (Lipinski definition) is 1. The second-order valence-corrected chi connectivity index (χ2v) is 5.23. The number of hydrogen-bond acceptors (Lipinski definition) is 3. The first-order valence-corrected chi connectivity index (χ1v) is 7.11. The Morgan fingerprint density at radius 2 is 2.16 bits per heavy atom. The molecule has 1 aliphatic rings. The van der Waals surface area contributed by atoms with E-state index in [2.05, 4.69) is 15.2 Å². The van der Waals surface area contributed by atoms with E-state index in [0.717, 1.165) is 30.9 Å². The van der Waals surface area contributed by atoms with Gasteiger partial charge in [0.15, 0.2) is 0 Å². The van der Waals surface area contributed by atoms with Gasteiger partial charge in [0, 0.05) is 24.4 Å². The van der Waals surface area contributed by atoms with Crippen molar-refractivity contribution >= 4 is 5.91 Å². The first kappa shape index (κ1) is 14.0. The van der Waals surface area contributed by atoms with Crippen LogP contribution in [0.5, 0.6) is 0 Å². The van der Waals surface area contributed by atoms with Crippen LogP contribution in [0.1, 0.15) is 31.2 Å². The van der Waals surface area contributed by atoms with E-state index in [-0.39, 0.29) is 11.9 Å². The van der Waals surface area contributed by atoms with Crippen molar-refractivity contribution in [2.45, 2.75) is 39.2 Å². The van der Waals surface area contributed by atoms with Gasteiger partial charge in [0.05, 0.1) is 6.04 Å². The van der Waals surface area contributed by atoms with Crippen LogP contribution in [0.15, 0.2) is 18.2 Å². The molecule has 1 atom stereocenters. The predicted octanol–water partition coefficient (Wildman–Crippen LogP) is 1.53. The summed E-state index contributed by atoms with van der Waals surface area (Å²) >= 11 is 0. The lowest BCUT2D eigenvalue weighted by Gasteiger charge is -2.22. The number of pyridine rings is 1. The van der Waals surface area contributed by atoms with Crippen LogP contribution in [-0.4, -0.2) is 41.5 Å². The highest BCUT2D eigenvalue weighted by Gasteiger charge is 2.23. The Balaban J connectivity index is 1.74. The zero-order chi connectivity index (χ0) is 13.7. The van der Waals surface area contributed by atoms with Crippen LogP contribution in [-0.2, 0) is 11.2 Å². The van der Waals surface area contributed by atoms with Crippen molar-refractivity contribution in [3.05, 3.63) is 29.6 Å². The molecular formula is C15H23N3O. The molecule has 2 heterocycles. The summed E-state index contributed by atoms with van der Waals surface area (Å²) in [6.45, 7) is 6.73. The van der Waals surface area contributed by atoms with Crippen molar-refractivity contribution in [2.24, 2.45) is 0 Å². The van der Waals surface area contributed by atoms with E-state index in [0.29, 0.717) is 6.54 Å². The molecule has 0 bridgehead atoms. The lowest BCUT2D eigenvalue weighted by molar-refractivity contribution is -0.125. The van der Waals surface area contributed by atoms with E-state index in [4.69, 9.17) is 0 Å². The van der Waals surface area contributed by atoms with E-state index >= 15 is 0 Å². The Bertz CT molecular complexity index is 427. The van der Waals surface area contributed by atoms with Crippen molar-refractivity contribution in [2.75, 3.05) is 19.6 Å². The lowest BCUT2D eigenvalue weighted by Crippen LogP contribution is -2.44. The van der Waals surface area contributed by atoms with Gasteiger partial charge in [0.1, 0.15) is 0 Å². The molecule has 1 saturated heterocycles. The van der Waals surface area contributed by atoms with Crippen LogP contribution in [0.2, 0.25) is 0 Å². The highest BCUT2D eigenvalue weighted by atomic mass is 16.2. The molecule has 2 rings (SSSR count). The summed E-state index contributed by atoms with van der Waals surface area (Å²) in [5, 5.41) is 3.01. The minimum Gasteiger partial charge on any atom is -0.354 e. The fourth-order valence-corrected chi connectivity index (χ4v) is 2.49. The smallest absolute Gasteiger partial charge is 0.237 e. The van der Waals surface area contributed by atoms with Crippen molar-refractivity contribution in [1.29, 1.82) is 0 Å². The van der Waals surface area contributed by atoms with Gasteiger partial charge in [-0.3, -0.25) is 14.7 Å². The monoisotopic (exact) mass is 261 g/mol. The van der Waals surface area contributed by atoms with Crippen LogP contribution in [0, 0.1) is 6.92 Å². The number of rotatable bonds is 5. The molecule has 1 fully saturated rings. The third-order valence-corrected chi connectivity index (χ3v) is 3.69. The zero-order valence-electron chi connectivity index (χ0n) is 11.9. The van der Waals surface area contributed by atoms with Crippen molar-refractivity contribution in [3.8, 4) is 0 Å². The highest BCUT2D eigenvalue weighted by molar-refractivity contribution is 5.81. The Morgan fingerprint density at radius 1 is 1.42 bits per heavy atom. The molecule has 1 aliphatic heterocycles. The van der Waals surface area contributed by atoms with Gasteiger partial charge in [-0.15, -0.1) is 0 Å². The van der Waals surface area contributed by atoms with E-state index < -0.39 is 0 Å². The molecule has 0 saturated carbocycles. The largest absolute Gasteiger partial charge is 0.354 e. The minimum absolute atomic E-state index is 0.00651. The first-order valence-electron chi connectivity index (χ1n) is 7.11. The maximum absolute atomic E-state index is 12.0. The molecule has 4 nitrogen and oxygen atoms in total. The van der Waals surface area contributed by atoms with Crippen molar-refractivity contribution < 1.29 is 4.79 Å².